The number of carbonyl (C=O) groups is 3. The van der Waals surface area contributed by atoms with Crippen LogP contribution in [0.4, 0.5) is 5.69 Å². The van der Waals surface area contributed by atoms with E-state index >= 15 is 0 Å². The lowest BCUT2D eigenvalue weighted by atomic mass is 10.0. The molecular formula is C14H18N2O5. The van der Waals surface area contributed by atoms with E-state index in [4.69, 9.17) is 10.8 Å². The van der Waals surface area contributed by atoms with Gasteiger partial charge in [-0.25, -0.2) is 4.79 Å². The highest BCUT2D eigenvalue weighted by Gasteiger charge is 2.22. The normalized spacial score (nSPS) is 13.1. The number of carboxylic acids is 1. The summed E-state index contributed by atoms with van der Waals surface area (Å²) >= 11 is 0. The maximum absolute atomic E-state index is 12.2. The second-order valence-electron chi connectivity index (χ2n) is 4.50. The molecule has 114 valence electrons. The summed E-state index contributed by atoms with van der Waals surface area (Å²) in [5.41, 5.74) is 6.23. The molecule has 0 aliphatic carbocycles. The van der Waals surface area contributed by atoms with Crippen molar-refractivity contribution in [2.24, 2.45) is 5.73 Å². The first kappa shape index (κ1) is 16.6. The zero-order valence-electron chi connectivity index (χ0n) is 11.8. The van der Waals surface area contributed by atoms with E-state index in [1.807, 2.05) is 0 Å². The molecule has 0 heterocycles. The zero-order valence-corrected chi connectivity index (χ0v) is 11.8. The maximum atomic E-state index is 12.2. The van der Waals surface area contributed by atoms with Gasteiger partial charge in [0.05, 0.1) is 19.6 Å². The topological polar surface area (TPSA) is 119 Å². The maximum Gasteiger partial charge on any atom is 0.327 e. The molecule has 1 unspecified atom stereocenters. The minimum Gasteiger partial charge on any atom is -0.481 e. The van der Waals surface area contributed by atoms with Crippen molar-refractivity contribution < 1.29 is 24.2 Å². The lowest BCUT2D eigenvalue weighted by Gasteiger charge is -2.17. The molecule has 21 heavy (non-hydrogen) atoms. The van der Waals surface area contributed by atoms with E-state index in [0.29, 0.717) is 5.69 Å². The summed E-state index contributed by atoms with van der Waals surface area (Å²) < 4.78 is 4.60. The van der Waals surface area contributed by atoms with Gasteiger partial charge in [-0.2, -0.15) is 0 Å². The van der Waals surface area contributed by atoms with Crippen LogP contribution in [-0.2, 0) is 14.3 Å². The van der Waals surface area contributed by atoms with Gasteiger partial charge in [0.1, 0.15) is 6.04 Å². The first-order chi connectivity index (χ1) is 9.86. The number of hydrogen-bond donors (Lipinski definition) is 3. The van der Waals surface area contributed by atoms with E-state index < -0.39 is 36.2 Å². The van der Waals surface area contributed by atoms with Crippen molar-refractivity contribution >= 4 is 23.4 Å². The molecule has 0 aromatic heterocycles. The number of ketones is 1. The third-order valence-corrected chi connectivity index (χ3v) is 2.85. The summed E-state index contributed by atoms with van der Waals surface area (Å²) in [6, 6.07) is 4.66. The molecule has 1 aromatic rings. The Bertz CT molecular complexity index is 544. The van der Waals surface area contributed by atoms with Crippen molar-refractivity contribution in [1.82, 2.24) is 0 Å². The largest absolute Gasteiger partial charge is 0.481 e. The highest BCUT2D eigenvalue weighted by atomic mass is 16.5. The summed E-state index contributed by atoms with van der Waals surface area (Å²) in [4.78, 5) is 34.2. The highest BCUT2D eigenvalue weighted by molar-refractivity contribution is 6.06. The number of methoxy groups -OCH3 is 1. The van der Waals surface area contributed by atoms with E-state index in [2.05, 4.69) is 10.1 Å². The number of carboxylic acid groups (broad SMARTS) is 1. The number of nitrogens with one attached hydrogen (secondary N) is 1. The SMILES string of the molecule is COC(=O)C(C)Nc1ccccc1C(=O)[C@@H](N)CC(=O)O. The Labute approximate surface area is 122 Å². The van der Waals surface area contributed by atoms with Gasteiger partial charge < -0.3 is 20.9 Å². The van der Waals surface area contributed by atoms with Crippen LogP contribution in [0.3, 0.4) is 0 Å². The highest BCUT2D eigenvalue weighted by Crippen LogP contribution is 2.18. The quantitative estimate of drug-likeness (QED) is 0.499. The van der Waals surface area contributed by atoms with Gasteiger partial charge in [0, 0.05) is 11.3 Å². The monoisotopic (exact) mass is 294 g/mol. The molecule has 0 spiro atoms. The van der Waals surface area contributed by atoms with E-state index in [1.54, 1.807) is 25.1 Å². The van der Waals surface area contributed by atoms with Gasteiger partial charge in [-0.1, -0.05) is 12.1 Å². The molecule has 7 nitrogen and oxygen atoms in total. The Kier molecular flexibility index (Phi) is 5.86. The molecule has 0 aliphatic rings. The molecule has 0 bridgehead atoms. The first-order valence-corrected chi connectivity index (χ1v) is 6.31. The number of benzene rings is 1. The Morgan fingerprint density at radius 2 is 1.95 bits per heavy atom. The van der Waals surface area contributed by atoms with Crippen LogP contribution in [0.15, 0.2) is 24.3 Å². The Balaban J connectivity index is 2.96. The predicted molar refractivity (Wildman–Crippen MR) is 76.1 cm³/mol. The standard InChI is InChI=1S/C14H18N2O5/c1-8(14(20)21-2)16-11-6-4-3-5-9(11)13(19)10(15)7-12(17)18/h3-6,8,10,16H,7,15H2,1-2H3,(H,17,18)/t8?,10-/m0/s1. The van der Waals surface area contributed by atoms with Crippen LogP contribution in [0.2, 0.25) is 0 Å². The molecule has 1 aromatic carbocycles. The summed E-state index contributed by atoms with van der Waals surface area (Å²) in [5.74, 6) is -2.13. The fraction of sp³-hybridized carbons (Fsp3) is 0.357. The number of ether oxygens (including phenoxy) is 1. The third kappa shape index (κ3) is 4.57. The average Bonchev–Trinajstić information content (AvgIpc) is 2.45. The second-order valence-corrected chi connectivity index (χ2v) is 4.50. The summed E-state index contributed by atoms with van der Waals surface area (Å²) in [6.45, 7) is 1.59. The Morgan fingerprint density at radius 3 is 2.52 bits per heavy atom. The van der Waals surface area contributed by atoms with Gasteiger partial charge in [-0.05, 0) is 19.1 Å². The fourth-order valence-corrected chi connectivity index (χ4v) is 1.77. The number of esters is 1. The van der Waals surface area contributed by atoms with Gasteiger partial charge in [0.15, 0.2) is 5.78 Å². The van der Waals surface area contributed by atoms with E-state index in [9.17, 15) is 14.4 Å². The van der Waals surface area contributed by atoms with Crippen LogP contribution in [0.25, 0.3) is 0 Å². The van der Waals surface area contributed by atoms with Crippen LogP contribution in [0.5, 0.6) is 0 Å². The molecule has 0 fully saturated rings. The molecule has 2 atom stereocenters. The lowest BCUT2D eigenvalue weighted by molar-refractivity contribution is -0.141. The fourth-order valence-electron chi connectivity index (χ4n) is 1.77. The second kappa shape index (κ2) is 7.39. The first-order valence-electron chi connectivity index (χ1n) is 6.31. The van der Waals surface area contributed by atoms with E-state index in [1.165, 1.54) is 13.2 Å². The van der Waals surface area contributed by atoms with Crippen molar-refractivity contribution in [2.75, 3.05) is 12.4 Å². The predicted octanol–water partition coefficient (Wildman–Crippen LogP) is 0.645. The molecule has 0 amide bonds. The van der Waals surface area contributed by atoms with Crippen molar-refractivity contribution in [1.29, 1.82) is 0 Å². The van der Waals surface area contributed by atoms with Gasteiger partial charge in [-0.15, -0.1) is 0 Å². The number of nitrogens with two attached hydrogens (primary N) is 1. The molecule has 0 saturated heterocycles. The summed E-state index contributed by atoms with van der Waals surface area (Å²) in [6.07, 6.45) is -0.459. The third-order valence-electron chi connectivity index (χ3n) is 2.85. The van der Waals surface area contributed by atoms with Crippen molar-refractivity contribution in [3.63, 3.8) is 0 Å². The Morgan fingerprint density at radius 1 is 1.33 bits per heavy atom. The molecule has 1 rings (SSSR count). The number of Topliss-reactive ketones (excluding diaryl/α,β-unsaturated/α-hetero) is 1. The molecule has 0 aliphatic heterocycles. The van der Waals surface area contributed by atoms with Gasteiger partial charge >= 0.3 is 11.9 Å². The van der Waals surface area contributed by atoms with E-state index in [0.717, 1.165) is 0 Å². The molecule has 0 saturated carbocycles. The van der Waals surface area contributed by atoms with Crippen molar-refractivity contribution in [3.05, 3.63) is 29.8 Å². The molecule has 7 heteroatoms. The van der Waals surface area contributed by atoms with Crippen molar-refractivity contribution in [2.45, 2.75) is 25.4 Å². The lowest BCUT2D eigenvalue weighted by Crippen LogP contribution is -2.34. The van der Waals surface area contributed by atoms with Gasteiger partial charge in [-0.3, -0.25) is 9.59 Å². The number of rotatable bonds is 7. The van der Waals surface area contributed by atoms with Crippen LogP contribution in [0.1, 0.15) is 23.7 Å². The number of para-hydroxylation sites is 1. The van der Waals surface area contributed by atoms with Crippen LogP contribution < -0.4 is 11.1 Å². The molecular weight excluding hydrogens is 276 g/mol. The smallest absolute Gasteiger partial charge is 0.327 e. The molecule has 0 radical (unpaired) electrons. The van der Waals surface area contributed by atoms with Crippen LogP contribution >= 0.6 is 0 Å². The van der Waals surface area contributed by atoms with Gasteiger partial charge in [0.25, 0.3) is 0 Å². The summed E-state index contributed by atoms with van der Waals surface area (Å²) in [5, 5.41) is 11.5. The van der Waals surface area contributed by atoms with Crippen molar-refractivity contribution in [3.8, 4) is 0 Å². The zero-order chi connectivity index (χ0) is 16.0. The molecule has 4 N–H and O–H groups in total. The number of carbonyl (C=O) groups excluding carboxylic acids is 2. The minimum absolute atomic E-state index is 0.238. The minimum atomic E-state index is -1.15. The average molecular weight is 294 g/mol. The number of anilines is 1. The number of hydrogen-bond acceptors (Lipinski definition) is 6. The number of aliphatic carboxylic acids is 1. The van der Waals surface area contributed by atoms with Crippen LogP contribution in [-0.4, -0.2) is 42.0 Å². The summed E-state index contributed by atoms with van der Waals surface area (Å²) in [7, 11) is 1.26. The van der Waals surface area contributed by atoms with Gasteiger partial charge in [0.2, 0.25) is 0 Å². The van der Waals surface area contributed by atoms with E-state index in [-0.39, 0.29) is 5.56 Å². The Hall–Kier alpha value is -2.41. The van der Waals surface area contributed by atoms with Crippen LogP contribution in [0, 0.1) is 0 Å².